The van der Waals surface area contributed by atoms with E-state index in [1.54, 1.807) is 20.8 Å². The van der Waals surface area contributed by atoms with Crippen LogP contribution in [0.2, 0.25) is 0 Å². The predicted octanol–water partition coefficient (Wildman–Crippen LogP) is 2.44. The zero-order valence-electron chi connectivity index (χ0n) is 28.8. The topological polar surface area (TPSA) is 185 Å². The van der Waals surface area contributed by atoms with E-state index in [4.69, 9.17) is 5.73 Å². The van der Waals surface area contributed by atoms with E-state index < -0.39 is 73.2 Å². The second-order valence-electron chi connectivity index (χ2n) is 17.0. The normalized spacial score (nSPS) is 26.7. The van der Waals surface area contributed by atoms with Gasteiger partial charge in [-0.3, -0.25) is 19.2 Å². The predicted molar refractivity (Wildman–Crippen MR) is 174 cm³/mol. The Balaban J connectivity index is 1.55. The fraction of sp³-hybridized carbons (Fsp3) is 0.848. The van der Waals surface area contributed by atoms with Gasteiger partial charge in [-0.25, -0.2) is 13.2 Å². The minimum absolute atomic E-state index is 0.0588. The first-order valence-electron chi connectivity index (χ1n) is 16.8. The molecule has 260 valence electrons. The lowest BCUT2D eigenvalue weighted by Crippen LogP contribution is -2.64. The molecule has 0 spiro atoms. The van der Waals surface area contributed by atoms with E-state index >= 15 is 0 Å². The first-order chi connectivity index (χ1) is 21.0. The number of urea groups is 1. The van der Waals surface area contributed by atoms with Gasteiger partial charge in [0, 0.05) is 6.54 Å². The van der Waals surface area contributed by atoms with Crippen molar-refractivity contribution in [2.24, 2.45) is 34.3 Å². The largest absolute Gasteiger partial charge is 0.363 e. The quantitative estimate of drug-likeness (QED) is 0.244. The number of piperidine rings is 1. The lowest BCUT2D eigenvalue weighted by molar-refractivity contribution is -0.145. The number of ketones is 1. The molecule has 1 aliphatic heterocycles. The zero-order chi connectivity index (χ0) is 34.6. The van der Waals surface area contributed by atoms with Gasteiger partial charge in [-0.1, -0.05) is 66.7 Å². The average Bonchev–Trinajstić information content (AvgIpc) is 3.76. The van der Waals surface area contributed by atoms with E-state index in [-0.39, 0.29) is 28.9 Å². The van der Waals surface area contributed by atoms with Crippen LogP contribution in [-0.4, -0.2) is 83.6 Å². The highest BCUT2D eigenvalue weighted by Gasteiger charge is 2.70. The lowest BCUT2D eigenvalue weighted by Gasteiger charge is -2.41. The van der Waals surface area contributed by atoms with Crippen molar-refractivity contribution in [3.8, 4) is 0 Å². The standard InChI is InChI=1S/C33H55N5O7S/c1-30(2,3)25(36-29(43)37-33(14-10-9-11-15-33)18-46(44,45)31(4,5)6)28(42)38-17-20-22(32(20,7)8)23(38)27(41)35-21(16-19-12-13-19)24(39)26(34)40/h19-23,25H,9-18H2,1-8H3,(H2,34,40)(H,35,41)(H2,36,37,43)/t20-,21?,22-,23-,25+/m0/s1. The first-order valence-corrected chi connectivity index (χ1v) is 18.4. The molecule has 5 amide bonds. The number of primary amides is 1. The average molecular weight is 666 g/mol. The van der Waals surface area contributed by atoms with E-state index in [0.717, 1.165) is 32.1 Å². The van der Waals surface area contributed by atoms with Crippen LogP contribution in [0.3, 0.4) is 0 Å². The highest BCUT2D eigenvalue weighted by atomic mass is 32.2. The molecular formula is C33H55N5O7S. The minimum atomic E-state index is -3.56. The number of hydrogen-bond donors (Lipinski definition) is 4. The molecule has 13 heteroatoms. The number of sulfone groups is 1. The number of amides is 5. The Bertz CT molecular complexity index is 1350. The fourth-order valence-corrected chi connectivity index (χ4v) is 9.02. The molecule has 1 saturated heterocycles. The summed E-state index contributed by atoms with van der Waals surface area (Å²) in [6.07, 6.45) is 5.70. The summed E-state index contributed by atoms with van der Waals surface area (Å²) in [6, 6.07) is -3.58. The highest BCUT2D eigenvalue weighted by Crippen LogP contribution is 2.65. The molecular weight excluding hydrogens is 610 g/mol. The number of nitrogens with two attached hydrogens (primary N) is 1. The third-order valence-electron chi connectivity index (χ3n) is 10.9. The van der Waals surface area contributed by atoms with Crippen LogP contribution in [0.4, 0.5) is 4.79 Å². The molecule has 0 radical (unpaired) electrons. The van der Waals surface area contributed by atoms with Crippen LogP contribution in [-0.2, 0) is 29.0 Å². The van der Waals surface area contributed by atoms with Gasteiger partial charge in [0.2, 0.25) is 17.6 Å². The Kier molecular flexibility index (Phi) is 9.74. The van der Waals surface area contributed by atoms with Crippen molar-refractivity contribution < 1.29 is 32.4 Å². The molecule has 0 aromatic heterocycles. The molecule has 3 aliphatic carbocycles. The Hall–Kier alpha value is -2.70. The summed E-state index contributed by atoms with van der Waals surface area (Å²) in [4.78, 5) is 67.8. The van der Waals surface area contributed by atoms with Crippen molar-refractivity contribution in [2.45, 2.75) is 135 Å². The maximum absolute atomic E-state index is 14.3. The summed E-state index contributed by atoms with van der Waals surface area (Å²) >= 11 is 0. The molecule has 0 bridgehead atoms. The van der Waals surface area contributed by atoms with E-state index in [1.165, 1.54) is 4.90 Å². The molecule has 1 unspecified atom stereocenters. The van der Waals surface area contributed by atoms with E-state index in [1.807, 2.05) is 34.6 Å². The number of nitrogens with zero attached hydrogens (tertiary/aromatic N) is 1. The van der Waals surface area contributed by atoms with Crippen molar-refractivity contribution in [1.82, 2.24) is 20.9 Å². The van der Waals surface area contributed by atoms with Crippen molar-refractivity contribution in [3.05, 3.63) is 0 Å². The molecule has 12 nitrogen and oxygen atoms in total. The van der Waals surface area contributed by atoms with Crippen LogP contribution in [0, 0.1) is 28.6 Å². The third kappa shape index (κ3) is 7.54. The lowest BCUT2D eigenvalue weighted by atomic mass is 9.83. The number of rotatable bonds is 11. The monoisotopic (exact) mass is 665 g/mol. The number of carbonyl (C=O) groups excluding carboxylic acids is 5. The SMILES string of the molecule is CC(C)(C)[C@H](NC(=O)NC1(CS(=O)(=O)C(C)(C)C)CCCCC1)C(=O)N1C[C@H]2[C@@H]([C@H]1C(=O)NC(CC1CC1)C(=O)C(N)=O)C2(C)C. The Morgan fingerprint density at radius 1 is 0.935 bits per heavy atom. The molecule has 5 atom stereocenters. The van der Waals surface area contributed by atoms with Gasteiger partial charge in [0.25, 0.3) is 5.91 Å². The van der Waals surface area contributed by atoms with Gasteiger partial charge in [-0.05, 0) is 68.6 Å². The fourth-order valence-electron chi connectivity index (χ4n) is 7.50. The van der Waals surface area contributed by atoms with Crippen LogP contribution >= 0.6 is 0 Å². The van der Waals surface area contributed by atoms with Crippen molar-refractivity contribution >= 4 is 39.4 Å². The Morgan fingerprint density at radius 3 is 2.02 bits per heavy atom. The maximum Gasteiger partial charge on any atom is 0.315 e. The van der Waals surface area contributed by atoms with Crippen LogP contribution in [0.1, 0.15) is 107 Å². The first kappa shape index (κ1) is 36.1. The van der Waals surface area contributed by atoms with Crippen LogP contribution in [0.15, 0.2) is 0 Å². The second-order valence-corrected chi connectivity index (χ2v) is 19.7. The Labute approximate surface area is 274 Å². The number of fused-ring (bicyclic) bond motifs is 1. The minimum Gasteiger partial charge on any atom is -0.363 e. The summed E-state index contributed by atoms with van der Waals surface area (Å²) in [7, 11) is -3.56. The zero-order valence-corrected chi connectivity index (χ0v) is 29.6. The maximum atomic E-state index is 14.3. The number of hydrogen-bond acceptors (Lipinski definition) is 7. The second kappa shape index (κ2) is 12.4. The van der Waals surface area contributed by atoms with Crippen molar-refractivity contribution in [1.29, 1.82) is 0 Å². The van der Waals surface area contributed by atoms with E-state index in [9.17, 15) is 32.4 Å². The molecule has 4 rings (SSSR count). The molecule has 0 aromatic carbocycles. The molecule has 4 aliphatic rings. The van der Waals surface area contributed by atoms with Crippen molar-refractivity contribution in [2.75, 3.05) is 12.3 Å². The smallest absolute Gasteiger partial charge is 0.315 e. The van der Waals surface area contributed by atoms with E-state index in [0.29, 0.717) is 25.8 Å². The van der Waals surface area contributed by atoms with Gasteiger partial charge < -0.3 is 26.6 Å². The number of nitrogens with one attached hydrogen (secondary N) is 3. The summed E-state index contributed by atoms with van der Waals surface area (Å²) in [6.45, 7) is 14.8. The van der Waals surface area contributed by atoms with Gasteiger partial charge >= 0.3 is 6.03 Å². The summed E-state index contributed by atoms with van der Waals surface area (Å²) in [5, 5.41) is 8.61. The summed E-state index contributed by atoms with van der Waals surface area (Å²) in [5.74, 6) is -2.93. The molecule has 1 heterocycles. The molecule has 4 fully saturated rings. The Morgan fingerprint density at radius 2 is 1.52 bits per heavy atom. The number of carbonyl (C=O) groups is 5. The number of Topliss-reactive ketones (excluding diaryl/α,β-unsaturated/α-hetero) is 1. The van der Waals surface area contributed by atoms with Crippen LogP contribution in [0.5, 0.6) is 0 Å². The molecule has 46 heavy (non-hydrogen) atoms. The van der Waals surface area contributed by atoms with Crippen LogP contribution in [0.25, 0.3) is 0 Å². The van der Waals surface area contributed by atoms with E-state index in [2.05, 4.69) is 16.0 Å². The van der Waals surface area contributed by atoms with Gasteiger partial charge in [0.15, 0.2) is 9.84 Å². The van der Waals surface area contributed by atoms with Gasteiger partial charge in [-0.2, -0.15) is 0 Å². The number of likely N-dealkylation sites (tertiary alicyclic amines) is 1. The van der Waals surface area contributed by atoms with Gasteiger partial charge in [0.1, 0.15) is 12.1 Å². The molecule has 5 N–H and O–H groups in total. The van der Waals surface area contributed by atoms with Gasteiger partial charge in [0.05, 0.1) is 22.1 Å². The molecule has 0 aromatic rings. The van der Waals surface area contributed by atoms with Gasteiger partial charge in [-0.15, -0.1) is 0 Å². The van der Waals surface area contributed by atoms with Crippen LogP contribution < -0.4 is 21.7 Å². The third-order valence-corrected chi connectivity index (χ3v) is 13.7. The summed E-state index contributed by atoms with van der Waals surface area (Å²) < 4.78 is 25.5. The summed E-state index contributed by atoms with van der Waals surface area (Å²) in [5.41, 5.74) is 3.38. The highest BCUT2D eigenvalue weighted by molar-refractivity contribution is 7.92. The van der Waals surface area contributed by atoms with Crippen molar-refractivity contribution in [3.63, 3.8) is 0 Å². The molecule has 3 saturated carbocycles.